The van der Waals surface area contributed by atoms with Gasteiger partial charge in [-0.1, -0.05) is 24.6 Å². The Balaban J connectivity index is 1.64. The van der Waals surface area contributed by atoms with Crippen molar-refractivity contribution < 1.29 is 13.2 Å². The van der Waals surface area contributed by atoms with Crippen LogP contribution in [0.5, 0.6) is 0 Å². The lowest BCUT2D eigenvalue weighted by molar-refractivity contribution is -0.115. The van der Waals surface area contributed by atoms with Crippen molar-refractivity contribution in [1.82, 2.24) is 9.29 Å². The van der Waals surface area contributed by atoms with Crippen molar-refractivity contribution >= 4 is 44.0 Å². The van der Waals surface area contributed by atoms with E-state index < -0.39 is 15.3 Å². The third-order valence-electron chi connectivity index (χ3n) is 4.60. The van der Waals surface area contributed by atoms with Crippen molar-refractivity contribution in [3.05, 3.63) is 35.3 Å². The van der Waals surface area contributed by atoms with E-state index in [2.05, 4.69) is 10.3 Å². The van der Waals surface area contributed by atoms with Crippen LogP contribution >= 0.6 is 23.1 Å². The molecule has 1 N–H and O–H groups in total. The second kappa shape index (κ2) is 9.71. The van der Waals surface area contributed by atoms with Crippen molar-refractivity contribution in [3.63, 3.8) is 0 Å². The maximum atomic E-state index is 12.8. The number of carbonyl (C=O) groups is 1. The Hall–Kier alpha value is -1.93. The van der Waals surface area contributed by atoms with E-state index in [4.69, 9.17) is 5.26 Å². The quantitative estimate of drug-likeness (QED) is 0.673. The van der Waals surface area contributed by atoms with Crippen LogP contribution in [0.15, 0.2) is 39.7 Å². The van der Waals surface area contributed by atoms with E-state index in [9.17, 15) is 13.2 Å². The van der Waals surface area contributed by atoms with Crippen LogP contribution in [0.3, 0.4) is 0 Å². The van der Waals surface area contributed by atoms with Crippen molar-refractivity contribution in [2.24, 2.45) is 0 Å². The highest BCUT2D eigenvalue weighted by Crippen LogP contribution is 2.27. The minimum atomic E-state index is -3.54. The molecule has 0 saturated carbocycles. The van der Waals surface area contributed by atoms with Gasteiger partial charge in [0.15, 0.2) is 0 Å². The number of thioether (sulfide) groups is 1. The fourth-order valence-electron chi connectivity index (χ4n) is 2.96. The summed E-state index contributed by atoms with van der Waals surface area (Å²) in [5.74, 6) is -0.239. The Morgan fingerprint density at radius 3 is 2.62 bits per heavy atom. The molecule has 1 saturated heterocycles. The van der Waals surface area contributed by atoms with E-state index in [0.717, 1.165) is 25.7 Å². The van der Waals surface area contributed by atoms with Gasteiger partial charge in [-0.25, -0.2) is 13.4 Å². The summed E-state index contributed by atoms with van der Waals surface area (Å²) in [6.07, 6.45) is 5.23. The van der Waals surface area contributed by atoms with E-state index in [-0.39, 0.29) is 10.8 Å². The van der Waals surface area contributed by atoms with Crippen molar-refractivity contribution in [3.8, 4) is 6.07 Å². The van der Waals surface area contributed by atoms with Crippen molar-refractivity contribution in [2.75, 3.05) is 18.4 Å². The molecular weight excluding hydrogens is 428 g/mol. The van der Waals surface area contributed by atoms with Gasteiger partial charge in [0.1, 0.15) is 16.0 Å². The molecule has 10 heteroatoms. The number of thiophene rings is 1. The van der Waals surface area contributed by atoms with Gasteiger partial charge in [0.2, 0.25) is 15.9 Å². The second-order valence-electron chi connectivity index (χ2n) is 6.67. The standard InChI is InChI=1S/C19H22N4O3S3/c1-14(18(24)22-19-15(12-20)8-11-27-19)28-17-7-6-16(13-21-17)29(25,26)23-9-4-2-3-5-10-23/h6-8,11,13-14H,2-5,9-10H2,1H3,(H,22,24)/t14-/m0/s1. The Kier molecular flexibility index (Phi) is 7.29. The molecule has 3 heterocycles. The monoisotopic (exact) mass is 450 g/mol. The number of aromatic nitrogens is 1. The molecule has 1 aliphatic heterocycles. The van der Waals surface area contributed by atoms with Crippen LogP contribution in [0.25, 0.3) is 0 Å². The first-order valence-corrected chi connectivity index (χ1v) is 12.5. The SMILES string of the molecule is C[C@H](Sc1ccc(S(=O)(=O)N2CCCCCC2)cn1)C(=O)Nc1sccc1C#N. The molecule has 0 aliphatic carbocycles. The average molecular weight is 451 g/mol. The summed E-state index contributed by atoms with van der Waals surface area (Å²) in [7, 11) is -3.54. The molecule has 0 unspecified atom stereocenters. The summed E-state index contributed by atoms with van der Waals surface area (Å²) >= 11 is 2.53. The van der Waals surface area contributed by atoms with E-state index in [0.29, 0.717) is 28.7 Å². The van der Waals surface area contributed by atoms with Crippen LogP contribution in [0, 0.1) is 11.3 Å². The first-order chi connectivity index (χ1) is 13.9. The lowest BCUT2D eigenvalue weighted by atomic mass is 10.2. The normalized spacial score (nSPS) is 16.6. The number of carbonyl (C=O) groups excluding carboxylic acids is 1. The van der Waals surface area contributed by atoms with E-state index in [1.165, 1.54) is 33.6 Å². The number of rotatable bonds is 6. The minimum Gasteiger partial charge on any atom is -0.316 e. The number of anilines is 1. The summed E-state index contributed by atoms with van der Waals surface area (Å²) in [6.45, 7) is 2.83. The zero-order valence-corrected chi connectivity index (χ0v) is 18.4. The fraction of sp³-hybridized carbons (Fsp3) is 0.421. The van der Waals surface area contributed by atoms with Gasteiger partial charge in [-0.2, -0.15) is 9.57 Å². The first-order valence-electron chi connectivity index (χ1n) is 9.33. The molecule has 1 aliphatic rings. The van der Waals surface area contributed by atoms with Gasteiger partial charge in [-0.05, 0) is 43.3 Å². The van der Waals surface area contributed by atoms with Gasteiger partial charge in [0.25, 0.3) is 0 Å². The van der Waals surface area contributed by atoms with Crippen LogP contribution in [0.4, 0.5) is 5.00 Å². The molecule has 2 aromatic heterocycles. The maximum absolute atomic E-state index is 12.8. The van der Waals surface area contributed by atoms with Crippen LogP contribution in [0.1, 0.15) is 38.2 Å². The van der Waals surface area contributed by atoms with Crippen LogP contribution < -0.4 is 5.32 Å². The maximum Gasteiger partial charge on any atom is 0.244 e. The number of pyridine rings is 1. The summed E-state index contributed by atoms with van der Waals surface area (Å²) in [4.78, 5) is 16.8. The summed E-state index contributed by atoms with van der Waals surface area (Å²) < 4.78 is 27.2. The van der Waals surface area contributed by atoms with Gasteiger partial charge >= 0.3 is 0 Å². The van der Waals surface area contributed by atoms with Gasteiger partial charge in [0, 0.05) is 19.3 Å². The van der Waals surface area contributed by atoms with Gasteiger partial charge < -0.3 is 5.32 Å². The molecular formula is C19H22N4O3S3. The van der Waals surface area contributed by atoms with E-state index in [1.807, 2.05) is 6.07 Å². The van der Waals surface area contributed by atoms with Crippen molar-refractivity contribution in [2.45, 2.75) is 47.8 Å². The first kappa shape index (κ1) is 21.8. The second-order valence-corrected chi connectivity index (χ2v) is 10.9. The molecule has 0 spiro atoms. The lowest BCUT2D eigenvalue weighted by Crippen LogP contribution is -2.32. The molecule has 0 bridgehead atoms. The third kappa shape index (κ3) is 5.36. The average Bonchev–Trinajstić information content (AvgIpc) is 2.97. The summed E-state index contributed by atoms with van der Waals surface area (Å²) in [5, 5.41) is 14.2. The minimum absolute atomic E-state index is 0.179. The number of hydrogen-bond acceptors (Lipinski definition) is 7. The van der Waals surface area contributed by atoms with Gasteiger partial charge in [0.05, 0.1) is 15.8 Å². The smallest absolute Gasteiger partial charge is 0.244 e. The molecule has 0 radical (unpaired) electrons. The highest BCUT2D eigenvalue weighted by atomic mass is 32.2. The summed E-state index contributed by atoms with van der Waals surface area (Å²) in [6, 6.07) is 6.87. The van der Waals surface area contributed by atoms with Crippen LogP contribution in [-0.2, 0) is 14.8 Å². The van der Waals surface area contributed by atoms with Crippen LogP contribution in [0.2, 0.25) is 0 Å². The summed E-state index contributed by atoms with van der Waals surface area (Å²) in [5.41, 5.74) is 0.432. The topological polar surface area (TPSA) is 103 Å². The Bertz CT molecular complexity index is 988. The highest BCUT2D eigenvalue weighted by Gasteiger charge is 2.25. The molecule has 154 valence electrons. The predicted octanol–water partition coefficient (Wildman–Crippen LogP) is 3.70. The third-order valence-corrected chi connectivity index (χ3v) is 8.36. The number of nitrogens with one attached hydrogen (secondary N) is 1. The number of sulfonamides is 1. The Labute approximate surface area is 179 Å². The van der Waals surface area contributed by atoms with Gasteiger partial charge in [-0.3, -0.25) is 4.79 Å². The largest absolute Gasteiger partial charge is 0.316 e. The number of nitrogens with zero attached hydrogens (tertiary/aromatic N) is 3. The Morgan fingerprint density at radius 2 is 2.00 bits per heavy atom. The molecule has 1 amide bonds. The molecule has 1 fully saturated rings. The van der Waals surface area contributed by atoms with Crippen LogP contribution in [-0.4, -0.2) is 42.0 Å². The Morgan fingerprint density at radius 1 is 1.28 bits per heavy atom. The molecule has 1 atom stereocenters. The molecule has 7 nitrogen and oxygen atoms in total. The highest BCUT2D eigenvalue weighted by molar-refractivity contribution is 8.00. The molecule has 2 aromatic rings. The van der Waals surface area contributed by atoms with E-state index in [1.54, 1.807) is 30.5 Å². The predicted molar refractivity (Wildman–Crippen MR) is 114 cm³/mol. The van der Waals surface area contributed by atoms with Crippen molar-refractivity contribution in [1.29, 1.82) is 5.26 Å². The zero-order valence-electron chi connectivity index (χ0n) is 16.0. The van der Waals surface area contributed by atoms with Gasteiger partial charge in [-0.15, -0.1) is 11.3 Å². The molecule has 3 rings (SSSR count). The zero-order chi connectivity index (χ0) is 20.9. The number of amides is 1. The van der Waals surface area contributed by atoms with E-state index >= 15 is 0 Å². The number of hydrogen-bond donors (Lipinski definition) is 1. The molecule has 0 aromatic carbocycles. The lowest BCUT2D eigenvalue weighted by Gasteiger charge is -2.19. The molecule has 29 heavy (non-hydrogen) atoms. The fourth-order valence-corrected chi connectivity index (χ4v) is 5.95. The number of nitriles is 1.